The molecular formula is C11H19NO2. The molecule has 0 aliphatic carbocycles. The number of terminal acetylenes is 1. The first-order chi connectivity index (χ1) is 6.66. The lowest BCUT2D eigenvalue weighted by Gasteiger charge is -2.06. The first kappa shape index (κ1) is 13.0. The van der Waals surface area contributed by atoms with Crippen molar-refractivity contribution in [1.82, 2.24) is 5.32 Å². The Labute approximate surface area is 85.9 Å². The van der Waals surface area contributed by atoms with E-state index in [2.05, 4.69) is 11.2 Å². The molecule has 0 saturated heterocycles. The van der Waals surface area contributed by atoms with Crippen molar-refractivity contribution in [1.29, 1.82) is 0 Å². The van der Waals surface area contributed by atoms with Crippen LogP contribution in [0.3, 0.4) is 0 Å². The Balaban J connectivity index is 3.25. The summed E-state index contributed by atoms with van der Waals surface area (Å²) in [6.45, 7) is 2.25. The largest absolute Gasteiger partial charge is 0.393 e. The molecule has 0 aromatic heterocycles. The van der Waals surface area contributed by atoms with Crippen LogP contribution in [0.25, 0.3) is 0 Å². The summed E-state index contributed by atoms with van der Waals surface area (Å²) in [5, 5.41) is 11.7. The molecule has 0 rings (SSSR count). The van der Waals surface area contributed by atoms with Crippen LogP contribution in [0, 0.1) is 12.3 Å². The number of nitrogens with one attached hydrogen (secondary N) is 1. The van der Waals surface area contributed by atoms with Gasteiger partial charge in [0.2, 0.25) is 5.91 Å². The highest BCUT2D eigenvalue weighted by molar-refractivity contribution is 5.75. The Bertz CT molecular complexity index is 194. The molecule has 0 heterocycles. The summed E-state index contributed by atoms with van der Waals surface area (Å²) in [6, 6.07) is 0. The summed E-state index contributed by atoms with van der Waals surface area (Å²) in [5.41, 5.74) is 0. The van der Waals surface area contributed by atoms with Crippen LogP contribution in [0.5, 0.6) is 0 Å². The first-order valence-corrected chi connectivity index (χ1v) is 5.05. The molecular weight excluding hydrogens is 178 g/mol. The van der Waals surface area contributed by atoms with Crippen molar-refractivity contribution < 1.29 is 9.90 Å². The topological polar surface area (TPSA) is 49.3 Å². The molecule has 3 heteroatoms. The van der Waals surface area contributed by atoms with Gasteiger partial charge in [-0.25, -0.2) is 0 Å². The van der Waals surface area contributed by atoms with Crippen molar-refractivity contribution in [2.45, 2.75) is 45.1 Å². The predicted molar refractivity (Wildman–Crippen MR) is 56.6 cm³/mol. The van der Waals surface area contributed by atoms with E-state index in [0.29, 0.717) is 19.4 Å². The number of hydrogen-bond donors (Lipinski definition) is 2. The molecule has 3 nitrogen and oxygen atoms in total. The number of aliphatic hydroxyl groups excluding tert-OH is 1. The Hall–Kier alpha value is -1.01. The zero-order chi connectivity index (χ0) is 10.8. The third-order valence-electron chi connectivity index (χ3n) is 1.86. The summed E-state index contributed by atoms with van der Waals surface area (Å²) in [7, 11) is 0. The smallest absolute Gasteiger partial charge is 0.219 e. The molecule has 0 saturated carbocycles. The number of unbranched alkanes of at least 4 members (excludes halogenated alkanes) is 2. The van der Waals surface area contributed by atoms with Gasteiger partial charge >= 0.3 is 0 Å². The first-order valence-electron chi connectivity index (χ1n) is 5.05. The van der Waals surface area contributed by atoms with E-state index in [1.54, 1.807) is 6.92 Å². The van der Waals surface area contributed by atoms with Crippen molar-refractivity contribution in [2.24, 2.45) is 0 Å². The van der Waals surface area contributed by atoms with Gasteiger partial charge in [-0.1, -0.05) is 0 Å². The van der Waals surface area contributed by atoms with Gasteiger partial charge in [0.15, 0.2) is 0 Å². The van der Waals surface area contributed by atoms with Crippen molar-refractivity contribution in [3.8, 4) is 12.3 Å². The molecule has 0 bridgehead atoms. The Morgan fingerprint density at radius 2 is 2.29 bits per heavy atom. The third kappa shape index (κ3) is 9.08. The quantitative estimate of drug-likeness (QED) is 0.474. The fourth-order valence-electron chi connectivity index (χ4n) is 1.02. The van der Waals surface area contributed by atoms with Gasteiger partial charge in [0, 0.05) is 19.4 Å². The second kappa shape index (κ2) is 8.58. The van der Waals surface area contributed by atoms with Crippen LogP contribution in [-0.2, 0) is 4.79 Å². The molecule has 14 heavy (non-hydrogen) atoms. The summed E-state index contributed by atoms with van der Waals surface area (Å²) < 4.78 is 0. The lowest BCUT2D eigenvalue weighted by Crippen LogP contribution is -2.26. The van der Waals surface area contributed by atoms with Crippen LogP contribution in [-0.4, -0.2) is 23.7 Å². The van der Waals surface area contributed by atoms with Gasteiger partial charge < -0.3 is 10.4 Å². The summed E-state index contributed by atoms with van der Waals surface area (Å²) in [6.07, 6.45) is 8.34. The summed E-state index contributed by atoms with van der Waals surface area (Å²) in [4.78, 5) is 11.1. The molecule has 0 spiro atoms. The van der Waals surface area contributed by atoms with Crippen LogP contribution in [0.15, 0.2) is 0 Å². The highest BCUT2D eigenvalue weighted by Gasteiger charge is 2.01. The van der Waals surface area contributed by atoms with Crippen LogP contribution in [0.2, 0.25) is 0 Å². The number of hydrogen-bond acceptors (Lipinski definition) is 2. The van der Waals surface area contributed by atoms with Crippen molar-refractivity contribution in [3.05, 3.63) is 0 Å². The van der Waals surface area contributed by atoms with E-state index in [4.69, 9.17) is 11.5 Å². The average Bonchev–Trinajstić information content (AvgIpc) is 2.12. The van der Waals surface area contributed by atoms with E-state index in [1.165, 1.54) is 0 Å². The maximum absolute atomic E-state index is 11.1. The normalized spacial score (nSPS) is 11.8. The second-order valence-corrected chi connectivity index (χ2v) is 3.40. The average molecular weight is 197 g/mol. The maximum atomic E-state index is 11.1. The second-order valence-electron chi connectivity index (χ2n) is 3.40. The minimum atomic E-state index is -0.350. The van der Waals surface area contributed by atoms with E-state index >= 15 is 0 Å². The number of aliphatic hydroxyl groups is 1. The fourth-order valence-corrected chi connectivity index (χ4v) is 1.02. The van der Waals surface area contributed by atoms with Gasteiger partial charge in [0.05, 0.1) is 6.10 Å². The molecule has 0 aliphatic heterocycles. The van der Waals surface area contributed by atoms with Crippen LogP contribution in [0.4, 0.5) is 0 Å². The van der Waals surface area contributed by atoms with E-state index in [0.717, 1.165) is 19.3 Å². The lowest BCUT2D eigenvalue weighted by atomic mass is 10.2. The number of rotatable bonds is 7. The van der Waals surface area contributed by atoms with E-state index in [-0.39, 0.29) is 12.0 Å². The van der Waals surface area contributed by atoms with E-state index in [1.807, 2.05) is 0 Å². The summed E-state index contributed by atoms with van der Waals surface area (Å²) in [5.74, 6) is 2.58. The molecule has 0 aromatic rings. The summed E-state index contributed by atoms with van der Waals surface area (Å²) >= 11 is 0. The molecule has 1 atom stereocenters. The number of carbonyl (C=O) groups is 1. The minimum absolute atomic E-state index is 0.0441. The number of carbonyl (C=O) groups excluding carboxylic acids is 1. The molecule has 80 valence electrons. The van der Waals surface area contributed by atoms with Crippen molar-refractivity contribution in [2.75, 3.05) is 6.54 Å². The maximum Gasteiger partial charge on any atom is 0.219 e. The van der Waals surface area contributed by atoms with Gasteiger partial charge in [-0.15, -0.1) is 12.3 Å². The lowest BCUT2D eigenvalue weighted by molar-refractivity contribution is -0.121. The van der Waals surface area contributed by atoms with Gasteiger partial charge in [0.25, 0.3) is 0 Å². The van der Waals surface area contributed by atoms with E-state index < -0.39 is 0 Å². The molecule has 0 aliphatic rings. The number of amides is 1. The molecule has 0 radical (unpaired) electrons. The SMILES string of the molecule is C#CCCCCC(=O)NCCC(C)O. The van der Waals surface area contributed by atoms with Gasteiger partial charge in [-0.05, 0) is 26.2 Å². The highest BCUT2D eigenvalue weighted by atomic mass is 16.3. The monoisotopic (exact) mass is 197 g/mol. The molecule has 0 fully saturated rings. The molecule has 1 amide bonds. The zero-order valence-electron chi connectivity index (χ0n) is 8.75. The van der Waals surface area contributed by atoms with Crippen LogP contribution in [0.1, 0.15) is 39.0 Å². The van der Waals surface area contributed by atoms with Gasteiger partial charge in [0.1, 0.15) is 0 Å². The Kier molecular flexibility index (Phi) is 7.96. The Morgan fingerprint density at radius 3 is 2.86 bits per heavy atom. The van der Waals surface area contributed by atoms with E-state index in [9.17, 15) is 4.79 Å². The predicted octanol–water partition coefficient (Wildman–Crippen LogP) is 1.07. The van der Waals surface area contributed by atoms with Crippen LogP contribution < -0.4 is 5.32 Å². The van der Waals surface area contributed by atoms with Gasteiger partial charge in [-0.2, -0.15) is 0 Å². The fraction of sp³-hybridized carbons (Fsp3) is 0.727. The molecule has 1 unspecified atom stereocenters. The zero-order valence-corrected chi connectivity index (χ0v) is 8.75. The van der Waals surface area contributed by atoms with Gasteiger partial charge in [-0.3, -0.25) is 4.79 Å². The molecule has 0 aromatic carbocycles. The minimum Gasteiger partial charge on any atom is -0.393 e. The van der Waals surface area contributed by atoms with Crippen molar-refractivity contribution >= 4 is 5.91 Å². The van der Waals surface area contributed by atoms with Crippen LogP contribution >= 0.6 is 0 Å². The Morgan fingerprint density at radius 1 is 1.57 bits per heavy atom. The third-order valence-corrected chi connectivity index (χ3v) is 1.86. The standard InChI is InChI=1S/C11H19NO2/c1-3-4-5-6-7-11(14)12-9-8-10(2)13/h1,10,13H,4-9H2,2H3,(H,12,14). The highest BCUT2D eigenvalue weighted by Crippen LogP contribution is 1.98. The van der Waals surface area contributed by atoms with Crippen molar-refractivity contribution in [3.63, 3.8) is 0 Å². The molecule has 2 N–H and O–H groups in total.